The molecule has 0 bridgehead atoms. The zero-order valence-corrected chi connectivity index (χ0v) is 13.7. The van der Waals surface area contributed by atoms with Gasteiger partial charge in [-0.25, -0.2) is 4.39 Å². The lowest BCUT2D eigenvalue weighted by atomic mass is 10.1. The van der Waals surface area contributed by atoms with E-state index in [0.29, 0.717) is 29.7 Å². The van der Waals surface area contributed by atoms with Crippen LogP contribution in [0.25, 0.3) is 0 Å². The third-order valence-corrected chi connectivity index (χ3v) is 3.66. The van der Waals surface area contributed by atoms with Crippen LogP contribution in [-0.4, -0.2) is 19.8 Å². The van der Waals surface area contributed by atoms with E-state index in [0.717, 1.165) is 13.0 Å². The quantitative estimate of drug-likeness (QED) is 0.546. The van der Waals surface area contributed by atoms with Crippen molar-refractivity contribution in [2.45, 2.75) is 33.2 Å². The molecule has 20 heavy (non-hydrogen) atoms. The Labute approximate surface area is 130 Å². The van der Waals surface area contributed by atoms with Crippen LogP contribution in [0.1, 0.15) is 38.8 Å². The summed E-state index contributed by atoms with van der Waals surface area (Å²) >= 11 is 11.7. The van der Waals surface area contributed by atoms with Crippen LogP contribution < -0.4 is 5.32 Å². The molecule has 1 aromatic carbocycles. The molecule has 0 spiro atoms. The summed E-state index contributed by atoms with van der Waals surface area (Å²) in [6.45, 7) is 8.36. The summed E-state index contributed by atoms with van der Waals surface area (Å²) in [5, 5.41) is 3.77. The van der Waals surface area contributed by atoms with Crippen molar-refractivity contribution in [1.82, 2.24) is 5.32 Å². The topological polar surface area (TPSA) is 21.3 Å². The van der Waals surface area contributed by atoms with Crippen molar-refractivity contribution in [3.63, 3.8) is 0 Å². The summed E-state index contributed by atoms with van der Waals surface area (Å²) in [6, 6.07) is 2.76. The maximum absolute atomic E-state index is 13.4. The van der Waals surface area contributed by atoms with Gasteiger partial charge in [0.1, 0.15) is 5.82 Å². The van der Waals surface area contributed by atoms with Gasteiger partial charge in [0.05, 0.1) is 11.6 Å². The number of benzene rings is 1. The maximum Gasteiger partial charge on any atom is 0.142 e. The molecule has 0 saturated heterocycles. The number of hydrogen-bond acceptors (Lipinski definition) is 2. The molecule has 0 aromatic heterocycles. The highest BCUT2D eigenvalue weighted by molar-refractivity contribution is 6.35. The van der Waals surface area contributed by atoms with Gasteiger partial charge in [0, 0.05) is 24.2 Å². The standard InChI is InChI=1S/C15H22Cl2FNO/c1-10(2)4-6-20-7-5-19-11(3)12-8-15(18)14(17)9-13(12)16/h8-11,19H,4-7H2,1-3H3. The second kappa shape index (κ2) is 8.83. The number of ether oxygens (including phenoxy) is 1. The molecule has 2 nitrogen and oxygen atoms in total. The van der Waals surface area contributed by atoms with Gasteiger partial charge in [0.25, 0.3) is 0 Å². The zero-order valence-electron chi connectivity index (χ0n) is 12.2. The van der Waals surface area contributed by atoms with Gasteiger partial charge >= 0.3 is 0 Å². The van der Waals surface area contributed by atoms with E-state index in [-0.39, 0.29) is 11.1 Å². The molecule has 0 aliphatic rings. The van der Waals surface area contributed by atoms with Crippen LogP contribution in [0.3, 0.4) is 0 Å². The predicted octanol–water partition coefficient (Wildman–Crippen LogP) is 4.85. The van der Waals surface area contributed by atoms with Crippen LogP contribution in [0.2, 0.25) is 10.0 Å². The second-order valence-electron chi connectivity index (χ2n) is 5.26. The van der Waals surface area contributed by atoms with Gasteiger partial charge in [-0.2, -0.15) is 0 Å². The number of hydrogen-bond donors (Lipinski definition) is 1. The van der Waals surface area contributed by atoms with Crippen molar-refractivity contribution >= 4 is 23.2 Å². The minimum atomic E-state index is -0.451. The monoisotopic (exact) mass is 321 g/mol. The molecular formula is C15H22Cl2FNO. The normalized spacial score (nSPS) is 12.9. The third-order valence-electron chi connectivity index (χ3n) is 3.04. The van der Waals surface area contributed by atoms with Gasteiger partial charge in [0.15, 0.2) is 0 Å². The summed E-state index contributed by atoms with van der Waals surface area (Å²) in [6.07, 6.45) is 1.06. The lowest BCUT2D eigenvalue weighted by Gasteiger charge is -2.16. The number of nitrogens with one attached hydrogen (secondary N) is 1. The molecule has 5 heteroatoms. The van der Waals surface area contributed by atoms with E-state index in [4.69, 9.17) is 27.9 Å². The fourth-order valence-electron chi connectivity index (χ4n) is 1.75. The smallest absolute Gasteiger partial charge is 0.142 e. The molecular weight excluding hydrogens is 300 g/mol. The first-order chi connectivity index (χ1) is 9.41. The molecule has 114 valence electrons. The fourth-order valence-corrected chi connectivity index (χ4v) is 2.30. The van der Waals surface area contributed by atoms with Gasteiger partial charge in [-0.1, -0.05) is 37.0 Å². The van der Waals surface area contributed by atoms with Crippen LogP contribution in [0.5, 0.6) is 0 Å². The van der Waals surface area contributed by atoms with Crippen molar-refractivity contribution in [2.24, 2.45) is 5.92 Å². The highest BCUT2D eigenvalue weighted by atomic mass is 35.5. The number of rotatable bonds is 8. The van der Waals surface area contributed by atoms with E-state index in [1.807, 2.05) is 6.92 Å². The Kier molecular flexibility index (Phi) is 7.82. The summed E-state index contributed by atoms with van der Waals surface area (Å²) < 4.78 is 19.0. The molecule has 1 N–H and O–H groups in total. The van der Waals surface area contributed by atoms with E-state index in [2.05, 4.69) is 19.2 Å². The van der Waals surface area contributed by atoms with E-state index >= 15 is 0 Å². The van der Waals surface area contributed by atoms with Gasteiger partial charge in [0.2, 0.25) is 0 Å². The summed E-state index contributed by atoms with van der Waals surface area (Å²) in [4.78, 5) is 0. The minimum absolute atomic E-state index is 0.0444. The van der Waals surface area contributed by atoms with E-state index in [9.17, 15) is 4.39 Å². The molecule has 0 amide bonds. The molecule has 0 radical (unpaired) electrons. The van der Waals surface area contributed by atoms with Crippen molar-refractivity contribution < 1.29 is 9.13 Å². The van der Waals surface area contributed by atoms with Crippen molar-refractivity contribution in [3.05, 3.63) is 33.6 Å². The fraction of sp³-hybridized carbons (Fsp3) is 0.600. The van der Waals surface area contributed by atoms with Crippen LogP contribution in [0, 0.1) is 11.7 Å². The highest BCUT2D eigenvalue weighted by Crippen LogP contribution is 2.28. The highest BCUT2D eigenvalue weighted by Gasteiger charge is 2.12. The Morgan fingerprint density at radius 3 is 2.50 bits per heavy atom. The van der Waals surface area contributed by atoms with Crippen LogP contribution in [-0.2, 0) is 4.74 Å². The molecule has 0 heterocycles. The first-order valence-electron chi connectivity index (χ1n) is 6.87. The summed E-state index contributed by atoms with van der Waals surface area (Å²) in [5.41, 5.74) is 0.704. The minimum Gasteiger partial charge on any atom is -0.380 e. The van der Waals surface area contributed by atoms with Gasteiger partial charge in [-0.15, -0.1) is 0 Å². The molecule has 0 aliphatic carbocycles. The van der Waals surface area contributed by atoms with Crippen molar-refractivity contribution in [1.29, 1.82) is 0 Å². The SMILES string of the molecule is CC(C)CCOCCNC(C)c1cc(F)c(Cl)cc1Cl. The predicted molar refractivity (Wildman–Crippen MR) is 83.1 cm³/mol. The Hall–Kier alpha value is -0.350. The number of halogens is 3. The van der Waals surface area contributed by atoms with Crippen LogP contribution in [0.15, 0.2) is 12.1 Å². The lowest BCUT2D eigenvalue weighted by molar-refractivity contribution is 0.123. The summed E-state index contributed by atoms with van der Waals surface area (Å²) in [5.74, 6) is 0.200. The van der Waals surface area contributed by atoms with E-state index in [1.165, 1.54) is 12.1 Å². The Bertz CT molecular complexity index is 427. The first kappa shape index (κ1) is 17.7. The third kappa shape index (κ3) is 5.96. The zero-order chi connectivity index (χ0) is 15.1. The Morgan fingerprint density at radius 2 is 1.85 bits per heavy atom. The summed E-state index contributed by atoms with van der Waals surface area (Å²) in [7, 11) is 0. The van der Waals surface area contributed by atoms with Crippen LogP contribution >= 0.6 is 23.2 Å². The van der Waals surface area contributed by atoms with Gasteiger partial charge in [-0.05, 0) is 37.0 Å². The maximum atomic E-state index is 13.4. The first-order valence-corrected chi connectivity index (χ1v) is 7.63. The Balaban J connectivity index is 2.36. The molecule has 0 saturated carbocycles. The Morgan fingerprint density at radius 1 is 1.15 bits per heavy atom. The molecule has 0 aliphatic heterocycles. The van der Waals surface area contributed by atoms with Crippen molar-refractivity contribution in [3.8, 4) is 0 Å². The van der Waals surface area contributed by atoms with Crippen LogP contribution in [0.4, 0.5) is 4.39 Å². The van der Waals surface area contributed by atoms with E-state index < -0.39 is 5.82 Å². The molecule has 1 aromatic rings. The average Bonchev–Trinajstić information content (AvgIpc) is 2.37. The molecule has 1 atom stereocenters. The lowest BCUT2D eigenvalue weighted by Crippen LogP contribution is -2.24. The van der Waals surface area contributed by atoms with Gasteiger partial charge < -0.3 is 10.1 Å². The van der Waals surface area contributed by atoms with E-state index in [1.54, 1.807) is 0 Å². The largest absolute Gasteiger partial charge is 0.380 e. The second-order valence-corrected chi connectivity index (χ2v) is 6.07. The van der Waals surface area contributed by atoms with Crippen molar-refractivity contribution in [2.75, 3.05) is 19.8 Å². The average molecular weight is 322 g/mol. The molecule has 1 rings (SSSR count). The molecule has 0 fully saturated rings. The van der Waals surface area contributed by atoms with Gasteiger partial charge in [-0.3, -0.25) is 0 Å². The molecule has 1 unspecified atom stereocenters.